The highest BCUT2D eigenvalue weighted by Crippen LogP contribution is 2.18. The van der Waals surface area contributed by atoms with E-state index >= 15 is 0 Å². The van der Waals surface area contributed by atoms with Crippen LogP contribution in [0, 0.1) is 11.5 Å². The Kier molecular flexibility index (Phi) is 5.34. The Labute approximate surface area is 96.6 Å². The molecule has 0 saturated heterocycles. The molecule has 0 fully saturated rings. The van der Waals surface area contributed by atoms with Crippen LogP contribution in [0.2, 0.25) is 19.6 Å². The molecule has 0 aliphatic rings. The lowest BCUT2D eigenvalue weighted by atomic mass is 9.95. The lowest BCUT2D eigenvalue weighted by Crippen LogP contribution is -2.40. The van der Waals surface area contributed by atoms with Crippen LogP contribution in [0.5, 0.6) is 0 Å². The Morgan fingerprint density at radius 1 is 1.33 bits per heavy atom. The van der Waals surface area contributed by atoms with E-state index in [0.29, 0.717) is 0 Å². The highest BCUT2D eigenvalue weighted by atomic mass is 28.3. The molecule has 0 saturated carbocycles. The van der Waals surface area contributed by atoms with E-state index in [-0.39, 0.29) is 5.54 Å². The monoisotopic (exact) mass is 223 g/mol. The van der Waals surface area contributed by atoms with Crippen molar-refractivity contribution in [1.82, 2.24) is 4.90 Å². The number of hydrogen-bond donors (Lipinski definition) is 0. The lowest BCUT2D eigenvalue weighted by molar-refractivity contribution is 0.228. The largest absolute Gasteiger partial charge is 0.294 e. The molecular formula is C13H25NSi. The standard InChI is InChI=1S/C13H25NSi/c1-8-9-10-13(2,14(3)4)11-12-15(5,6)7/h8H,1,9-10H2,2-7H3. The maximum absolute atomic E-state index is 3.77. The van der Waals surface area contributed by atoms with Gasteiger partial charge in [-0.1, -0.05) is 31.6 Å². The molecule has 0 radical (unpaired) electrons. The minimum Gasteiger partial charge on any atom is -0.294 e. The third-order valence-corrected chi connectivity index (χ3v) is 3.40. The second kappa shape index (κ2) is 5.53. The van der Waals surface area contributed by atoms with E-state index in [0.717, 1.165) is 12.8 Å². The average molecular weight is 223 g/mol. The van der Waals surface area contributed by atoms with Crippen molar-refractivity contribution in [2.75, 3.05) is 14.1 Å². The van der Waals surface area contributed by atoms with Crippen molar-refractivity contribution in [1.29, 1.82) is 0 Å². The van der Waals surface area contributed by atoms with Crippen molar-refractivity contribution in [2.24, 2.45) is 0 Å². The summed E-state index contributed by atoms with van der Waals surface area (Å²) in [7, 11) is 2.93. The molecule has 0 N–H and O–H groups in total. The Balaban J connectivity index is 4.77. The van der Waals surface area contributed by atoms with Gasteiger partial charge in [-0.3, -0.25) is 4.90 Å². The van der Waals surface area contributed by atoms with Crippen molar-refractivity contribution in [3.05, 3.63) is 12.7 Å². The van der Waals surface area contributed by atoms with E-state index in [4.69, 9.17) is 0 Å². The fourth-order valence-corrected chi connectivity index (χ4v) is 1.75. The first-order valence-corrected chi connectivity index (χ1v) is 9.04. The van der Waals surface area contributed by atoms with Gasteiger partial charge in [0.05, 0.1) is 5.54 Å². The van der Waals surface area contributed by atoms with Gasteiger partial charge in [-0.15, -0.1) is 12.1 Å². The molecule has 0 rings (SSSR count). The van der Waals surface area contributed by atoms with Gasteiger partial charge in [0.25, 0.3) is 0 Å². The van der Waals surface area contributed by atoms with Crippen LogP contribution < -0.4 is 0 Å². The summed E-state index contributed by atoms with van der Waals surface area (Å²) in [6, 6.07) is 0. The summed E-state index contributed by atoms with van der Waals surface area (Å²) < 4.78 is 0. The zero-order valence-electron chi connectivity index (χ0n) is 11.1. The predicted molar refractivity (Wildman–Crippen MR) is 72.6 cm³/mol. The Morgan fingerprint density at radius 3 is 2.20 bits per heavy atom. The van der Waals surface area contributed by atoms with E-state index in [9.17, 15) is 0 Å². The third-order valence-electron chi connectivity index (χ3n) is 2.53. The molecule has 2 heteroatoms. The van der Waals surface area contributed by atoms with Crippen molar-refractivity contribution >= 4 is 8.07 Å². The first kappa shape index (κ1) is 14.5. The molecule has 1 unspecified atom stereocenters. The Morgan fingerprint density at radius 2 is 1.87 bits per heavy atom. The summed E-state index contributed by atoms with van der Waals surface area (Å²) >= 11 is 0. The lowest BCUT2D eigenvalue weighted by Gasteiger charge is -2.31. The van der Waals surface area contributed by atoms with Crippen LogP contribution in [0.15, 0.2) is 12.7 Å². The molecule has 0 aromatic heterocycles. The normalized spacial score (nSPS) is 15.4. The second-order valence-corrected chi connectivity index (χ2v) is 10.2. The average Bonchev–Trinajstić information content (AvgIpc) is 2.10. The molecule has 15 heavy (non-hydrogen) atoms. The molecule has 0 heterocycles. The number of allylic oxidation sites excluding steroid dienone is 1. The molecule has 1 atom stereocenters. The molecule has 0 spiro atoms. The molecule has 0 bridgehead atoms. The molecular weight excluding hydrogens is 198 g/mol. The molecule has 0 aromatic carbocycles. The van der Waals surface area contributed by atoms with E-state index in [2.05, 4.69) is 63.6 Å². The number of rotatable bonds is 4. The van der Waals surface area contributed by atoms with Gasteiger partial charge in [-0.25, -0.2) is 0 Å². The number of nitrogens with zero attached hydrogens (tertiary/aromatic N) is 1. The van der Waals surface area contributed by atoms with Gasteiger partial charge in [0.1, 0.15) is 8.07 Å². The van der Waals surface area contributed by atoms with Crippen LogP contribution in [0.1, 0.15) is 19.8 Å². The second-order valence-electron chi connectivity index (χ2n) is 5.50. The van der Waals surface area contributed by atoms with Gasteiger partial charge < -0.3 is 0 Å². The predicted octanol–water partition coefficient (Wildman–Crippen LogP) is 3.15. The maximum Gasteiger partial charge on any atom is 0.129 e. The summed E-state index contributed by atoms with van der Waals surface area (Å²) in [6.07, 6.45) is 4.05. The van der Waals surface area contributed by atoms with Crippen molar-refractivity contribution < 1.29 is 0 Å². The Hall–Kier alpha value is -0.523. The molecule has 0 aliphatic heterocycles. The van der Waals surface area contributed by atoms with E-state index in [1.807, 2.05) is 6.08 Å². The van der Waals surface area contributed by atoms with Crippen molar-refractivity contribution in [2.45, 2.75) is 44.9 Å². The fraction of sp³-hybridized carbons (Fsp3) is 0.692. The SMILES string of the molecule is C=CCCC(C)(C#C[Si](C)(C)C)N(C)C. The minimum atomic E-state index is -1.27. The molecule has 86 valence electrons. The van der Waals surface area contributed by atoms with Crippen LogP contribution in [0.4, 0.5) is 0 Å². The van der Waals surface area contributed by atoms with Gasteiger partial charge in [0, 0.05) is 0 Å². The maximum atomic E-state index is 3.77. The van der Waals surface area contributed by atoms with Crippen LogP contribution in [0.3, 0.4) is 0 Å². The van der Waals surface area contributed by atoms with E-state index in [1.165, 1.54) is 0 Å². The topological polar surface area (TPSA) is 3.24 Å². The fourth-order valence-electron chi connectivity index (χ4n) is 1.10. The summed E-state index contributed by atoms with van der Waals surface area (Å²) in [5.41, 5.74) is 3.46. The quantitative estimate of drug-likeness (QED) is 0.402. The van der Waals surface area contributed by atoms with Crippen molar-refractivity contribution in [3.63, 3.8) is 0 Å². The van der Waals surface area contributed by atoms with Gasteiger partial charge in [0.15, 0.2) is 0 Å². The zero-order valence-corrected chi connectivity index (χ0v) is 12.1. The molecule has 0 amide bonds. The van der Waals surface area contributed by atoms with E-state index < -0.39 is 8.07 Å². The highest BCUT2D eigenvalue weighted by molar-refractivity contribution is 6.83. The summed E-state index contributed by atoms with van der Waals surface area (Å²) in [6.45, 7) is 12.8. The molecule has 0 aromatic rings. The van der Waals surface area contributed by atoms with Gasteiger partial charge in [-0.05, 0) is 33.9 Å². The minimum absolute atomic E-state index is 0.00549. The summed E-state index contributed by atoms with van der Waals surface area (Å²) in [4.78, 5) is 2.21. The van der Waals surface area contributed by atoms with Crippen LogP contribution >= 0.6 is 0 Å². The van der Waals surface area contributed by atoms with Gasteiger partial charge >= 0.3 is 0 Å². The first-order valence-electron chi connectivity index (χ1n) is 5.54. The Bertz CT molecular complexity index is 264. The zero-order chi connectivity index (χ0) is 12.1. The van der Waals surface area contributed by atoms with Gasteiger partial charge in [-0.2, -0.15) is 0 Å². The summed E-state index contributed by atoms with van der Waals surface area (Å²) in [5.74, 6) is 3.46. The van der Waals surface area contributed by atoms with Crippen LogP contribution in [-0.2, 0) is 0 Å². The number of hydrogen-bond acceptors (Lipinski definition) is 1. The van der Waals surface area contributed by atoms with Gasteiger partial charge in [0.2, 0.25) is 0 Å². The molecule has 0 aliphatic carbocycles. The summed E-state index contributed by atoms with van der Waals surface area (Å²) in [5, 5.41) is 0. The smallest absolute Gasteiger partial charge is 0.129 e. The van der Waals surface area contributed by atoms with Crippen LogP contribution in [0.25, 0.3) is 0 Å². The van der Waals surface area contributed by atoms with Crippen LogP contribution in [-0.4, -0.2) is 32.6 Å². The molecule has 1 nitrogen and oxygen atoms in total. The first-order chi connectivity index (χ1) is 6.71. The van der Waals surface area contributed by atoms with E-state index in [1.54, 1.807) is 0 Å². The third kappa shape index (κ3) is 5.81. The highest BCUT2D eigenvalue weighted by Gasteiger charge is 2.23. The van der Waals surface area contributed by atoms with Crippen molar-refractivity contribution in [3.8, 4) is 11.5 Å².